The molecule has 0 radical (unpaired) electrons. The zero-order chi connectivity index (χ0) is 23.7. The fraction of sp³-hybridized carbons (Fsp3) is 0.750. The molecule has 1 aliphatic rings. The van der Waals surface area contributed by atoms with Crippen molar-refractivity contribution in [3.05, 3.63) is 36.5 Å². The van der Waals surface area contributed by atoms with Gasteiger partial charge in [0, 0.05) is 19.0 Å². The maximum Gasteiger partial charge on any atom is 0.221 e. The normalized spacial score (nSPS) is 21.0. The van der Waals surface area contributed by atoms with Gasteiger partial charge >= 0.3 is 0 Å². The lowest BCUT2D eigenvalue weighted by Gasteiger charge is -2.18. The van der Waals surface area contributed by atoms with Crippen molar-refractivity contribution in [3.63, 3.8) is 0 Å². The molecule has 1 rings (SSSR count). The van der Waals surface area contributed by atoms with E-state index in [2.05, 4.69) is 64.6 Å². The molecule has 0 bridgehead atoms. The minimum Gasteiger partial charge on any atom is -0.356 e. The molecule has 1 amide bonds. The van der Waals surface area contributed by atoms with Crippen LogP contribution in [-0.4, -0.2) is 51.2 Å². The quantitative estimate of drug-likeness (QED) is 0.258. The molecule has 0 aliphatic carbocycles. The van der Waals surface area contributed by atoms with Gasteiger partial charge < -0.3 is 21.3 Å². The lowest BCUT2D eigenvalue weighted by atomic mass is 10.1. The van der Waals surface area contributed by atoms with Gasteiger partial charge in [0.1, 0.15) is 0 Å². The Morgan fingerprint density at radius 1 is 0.727 bits per heavy atom. The summed E-state index contributed by atoms with van der Waals surface area (Å²) < 4.78 is 0. The van der Waals surface area contributed by atoms with Gasteiger partial charge in [0.15, 0.2) is 0 Å². The molecular weight excluding hydrogens is 408 g/mol. The van der Waals surface area contributed by atoms with Gasteiger partial charge in [-0.25, -0.2) is 0 Å². The van der Waals surface area contributed by atoms with Crippen molar-refractivity contribution in [2.75, 3.05) is 39.3 Å². The first kappa shape index (κ1) is 29.6. The van der Waals surface area contributed by atoms with Crippen LogP contribution >= 0.6 is 0 Å². The Morgan fingerprint density at radius 2 is 1.33 bits per heavy atom. The van der Waals surface area contributed by atoms with Crippen LogP contribution in [-0.2, 0) is 4.79 Å². The highest BCUT2D eigenvalue weighted by atomic mass is 16.1. The molecule has 1 heterocycles. The molecule has 1 unspecified atom stereocenters. The third-order valence-corrected chi connectivity index (χ3v) is 5.91. The predicted octanol–water partition coefficient (Wildman–Crippen LogP) is 5.01. The number of rotatable bonds is 11. The van der Waals surface area contributed by atoms with E-state index in [1.54, 1.807) is 0 Å². The Labute approximate surface area is 204 Å². The van der Waals surface area contributed by atoms with E-state index in [4.69, 9.17) is 0 Å². The molecule has 0 aromatic rings. The van der Waals surface area contributed by atoms with Crippen LogP contribution in [0.4, 0.5) is 0 Å². The number of hydrogen-bond donors (Lipinski definition) is 4. The first-order chi connectivity index (χ1) is 16.3. The van der Waals surface area contributed by atoms with Crippen LogP contribution < -0.4 is 21.3 Å². The van der Waals surface area contributed by atoms with Crippen molar-refractivity contribution in [1.82, 2.24) is 21.3 Å². The van der Waals surface area contributed by atoms with Crippen LogP contribution in [0.1, 0.15) is 90.4 Å². The smallest absolute Gasteiger partial charge is 0.221 e. The number of amides is 1. The highest BCUT2D eigenvalue weighted by molar-refractivity contribution is 5.76. The van der Waals surface area contributed by atoms with E-state index >= 15 is 0 Å². The highest BCUT2D eigenvalue weighted by Crippen LogP contribution is 2.05. The van der Waals surface area contributed by atoms with Crippen molar-refractivity contribution in [3.8, 4) is 0 Å². The second-order valence-corrected chi connectivity index (χ2v) is 9.08. The monoisotopic (exact) mass is 460 g/mol. The third kappa shape index (κ3) is 20.9. The molecule has 1 aliphatic heterocycles. The Bertz CT molecular complexity index is 530. The van der Waals surface area contributed by atoms with Crippen molar-refractivity contribution in [2.45, 2.75) is 96.4 Å². The van der Waals surface area contributed by atoms with Gasteiger partial charge in [-0.15, -0.1) is 0 Å². The minimum absolute atomic E-state index is 0.171. The molecule has 0 saturated carbocycles. The van der Waals surface area contributed by atoms with Crippen LogP contribution in [0.25, 0.3) is 0 Å². The van der Waals surface area contributed by atoms with Gasteiger partial charge in [0.2, 0.25) is 5.91 Å². The molecule has 5 nitrogen and oxygen atoms in total. The standard InChI is InChI=1S/C28H52N4O/c1-2-3-4-5-6-7-8-9-10-11-12-13-14-19-27-26-28(33)32-25-18-23-30-21-16-15-20-29-22-17-24-31-27/h6-7,9-10,12-13,27,29-31H,2-5,8,11,14-26H2,1H3,(H,32,33). The fourth-order valence-electron chi connectivity index (χ4n) is 3.87. The number of hydrogen-bond acceptors (Lipinski definition) is 4. The number of unbranched alkanes of at least 4 members (excludes halogenated alkanes) is 3. The van der Waals surface area contributed by atoms with Gasteiger partial charge in [-0.3, -0.25) is 4.79 Å². The topological polar surface area (TPSA) is 65.2 Å². The number of carbonyl (C=O) groups is 1. The van der Waals surface area contributed by atoms with Gasteiger partial charge in [-0.05, 0) is 96.9 Å². The molecule has 1 atom stereocenters. The Balaban J connectivity index is 2.26. The average molecular weight is 461 g/mol. The summed E-state index contributed by atoms with van der Waals surface area (Å²) in [4.78, 5) is 12.4. The first-order valence-corrected chi connectivity index (χ1v) is 13.7. The summed E-state index contributed by atoms with van der Waals surface area (Å²) in [5, 5.41) is 13.7. The van der Waals surface area contributed by atoms with E-state index in [1.807, 2.05) is 0 Å². The van der Waals surface area contributed by atoms with Gasteiger partial charge in [0.05, 0.1) is 0 Å². The van der Waals surface area contributed by atoms with Gasteiger partial charge in [-0.2, -0.15) is 0 Å². The van der Waals surface area contributed by atoms with Crippen molar-refractivity contribution in [1.29, 1.82) is 0 Å². The number of carbonyl (C=O) groups excluding carboxylic acids is 1. The Kier molecular flexibility index (Phi) is 21.3. The molecule has 4 N–H and O–H groups in total. The number of nitrogens with one attached hydrogen (secondary N) is 4. The summed E-state index contributed by atoms with van der Waals surface area (Å²) in [6, 6.07) is 0.247. The summed E-state index contributed by atoms with van der Waals surface area (Å²) in [7, 11) is 0. The average Bonchev–Trinajstić information content (AvgIpc) is 2.81. The second kappa shape index (κ2) is 23.7. The van der Waals surface area contributed by atoms with Crippen LogP contribution in [0, 0.1) is 0 Å². The summed E-state index contributed by atoms with van der Waals surface area (Å²) >= 11 is 0. The second-order valence-electron chi connectivity index (χ2n) is 9.08. The van der Waals surface area contributed by atoms with Crippen molar-refractivity contribution >= 4 is 5.91 Å². The van der Waals surface area contributed by atoms with E-state index in [0.717, 1.165) is 77.8 Å². The van der Waals surface area contributed by atoms with Gasteiger partial charge in [-0.1, -0.05) is 56.2 Å². The summed E-state index contributed by atoms with van der Waals surface area (Å²) in [6.45, 7) is 8.16. The van der Waals surface area contributed by atoms with E-state index < -0.39 is 0 Å². The van der Waals surface area contributed by atoms with E-state index in [0.29, 0.717) is 6.42 Å². The van der Waals surface area contributed by atoms with E-state index in [1.165, 1.54) is 38.5 Å². The van der Waals surface area contributed by atoms with E-state index in [-0.39, 0.29) is 11.9 Å². The van der Waals surface area contributed by atoms with Crippen LogP contribution in [0.5, 0.6) is 0 Å². The maximum atomic E-state index is 12.4. The summed E-state index contributed by atoms with van der Waals surface area (Å²) in [5.74, 6) is 0.171. The Morgan fingerprint density at radius 3 is 2.03 bits per heavy atom. The molecule has 0 aromatic carbocycles. The fourth-order valence-corrected chi connectivity index (χ4v) is 3.87. The molecular formula is C28H52N4O. The zero-order valence-corrected chi connectivity index (χ0v) is 21.4. The number of allylic oxidation sites excluding steroid dienone is 6. The van der Waals surface area contributed by atoms with Crippen LogP contribution in [0.3, 0.4) is 0 Å². The van der Waals surface area contributed by atoms with Gasteiger partial charge in [0.25, 0.3) is 0 Å². The lowest BCUT2D eigenvalue weighted by Crippen LogP contribution is -2.37. The predicted molar refractivity (Wildman–Crippen MR) is 144 cm³/mol. The lowest BCUT2D eigenvalue weighted by molar-refractivity contribution is -0.121. The molecule has 1 fully saturated rings. The highest BCUT2D eigenvalue weighted by Gasteiger charge is 2.12. The molecule has 33 heavy (non-hydrogen) atoms. The SMILES string of the molecule is CCCCCC=CCC=CCC=CCCC1CC(=O)NCCCNCCCCNCCCN1. The molecule has 5 heteroatoms. The zero-order valence-electron chi connectivity index (χ0n) is 21.4. The maximum absolute atomic E-state index is 12.4. The third-order valence-electron chi connectivity index (χ3n) is 5.91. The largest absolute Gasteiger partial charge is 0.356 e. The van der Waals surface area contributed by atoms with Crippen molar-refractivity contribution < 1.29 is 4.79 Å². The Hall–Kier alpha value is -1.43. The molecule has 0 aromatic heterocycles. The molecule has 190 valence electrons. The first-order valence-electron chi connectivity index (χ1n) is 13.7. The van der Waals surface area contributed by atoms with Crippen molar-refractivity contribution in [2.24, 2.45) is 0 Å². The minimum atomic E-state index is 0.171. The summed E-state index contributed by atoms with van der Waals surface area (Å²) in [5.41, 5.74) is 0. The van der Waals surface area contributed by atoms with Crippen LogP contribution in [0.15, 0.2) is 36.5 Å². The molecule has 1 saturated heterocycles. The van der Waals surface area contributed by atoms with Crippen LogP contribution in [0.2, 0.25) is 0 Å². The molecule has 0 spiro atoms. The van der Waals surface area contributed by atoms with E-state index in [9.17, 15) is 4.79 Å². The summed E-state index contributed by atoms with van der Waals surface area (Å²) in [6.07, 6.45) is 27.9.